The number of amides is 2. The van der Waals surface area contributed by atoms with Gasteiger partial charge in [0.05, 0.1) is 12.7 Å². The van der Waals surface area contributed by atoms with Gasteiger partial charge in [0.2, 0.25) is 0 Å². The molecule has 0 radical (unpaired) electrons. The van der Waals surface area contributed by atoms with E-state index < -0.39 is 6.10 Å². The first-order valence-corrected chi connectivity index (χ1v) is 10.4. The molecular formula is C22H25BrN2O4. The first-order chi connectivity index (χ1) is 14.0. The van der Waals surface area contributed by atoms with Gasteiger partial charge in [-0.3, -0.25) is 9.59 Å². The Morgan fingerprint density at radius 3 is 2.34 bits per heavy atom. The van der Waals surface area contributed by atoms with Gasteiger partial charge in [-0.05, 0) is 49.7 Å². The first-order valence-electron chi connectivity index (χ1n) is 9.63. The van der Waals surface area contributed by atoms with E-state index in [-0.39, 0.29) is 11.8 Å². The summed E-state index contributed by atoms with van der Waals surface area (Å²) in [6.45, 7) is 3.92. The normalized spacial score (nSPS) is 15.4. The second-order valence-electron chi connectivity index (χ2n) is 6.89. The lowest BCUT2D eigenvalue weighted by Crippen LogP contribution is -2.43. The smallest absolute Gasteiger partial charge is 0.263 e. The van der Waals surface area contributed by atoms with Crippen molar-refractivity contribution in [3.05, 3.63) is 58.6 Å². The highest BCUT2D eigenvalue weighted by atomic mass is 79.9. The Hall–Kier alpha value is -2.54. The monoisotopic (exact) mass is 460 g/mol. The van der Waals surface area contributed by atoms with Crippen molar-refractivity contribution < 1.29 is 19.1 Å². The number of hydrogen-bond donors (Lipinski definition) is 0. The molecule has 6 nitrogen and oxygen atoms in total. The maximum absolute atomic E-state index is 12.9. The van der Waals surface area contributed by atoms with Crippen LogP contribution in [0.15, 0.2) is 53.0 Å². The fourth-order valence-electron chi connectivity index (χ4n) is 3.36. The van der Waals surface area contributed by atoms with Gasteiger partial charge in [0, 0.05) is 30.7 Å². The summed E-state index contributed by atoms with van der Waals surface area (Å²) in [6, 6.07) is 14.6. The summed E-state index contributed by atoms with van der Waals surface area (Å²) in [5.74, 6) is 1.07. The molecule has 3 rings (SSSR count). The molecule has 0 spiro atoms. The molecule has 0 N–H and O–H groups in total. The van der Waals surface area contributed by atoms with Gasteiger partial charge in [-0.25, -0.2) is 0 Å². The second-order valence-corrected chi connectivity index (χ2v) is 7.80. The van der Waals surface area contributed by atoms with E-state index in [9.17, 15) is 9.59 Å². The number of carbonyl (C=O) groups is 2. The number of halogens is 1. The van der Waals surface area contributed by atoms with Crippen LogP contribution in [-0.2, 0) is 4.79 Å². The molecule has 2 aromatic carbocycles. The first kappa shape index (κ1) is 21.2. The average molecular weight is 461 g/mol. The minimum Gasteiger partial charge on any atom is -0.496 e. The SMILES string of the molecule is COc1ccccc1C(=O)N1CCCN(C(=O)C(C)Oc2ccc(Br)cc2)CC1. The van der Waals surface area contributed by atoms with Crippen molar-refractivity contribution in [2.45, 2.75) is 19.4 Å². The Bertz CT molecular complexity index is 856. The fourth-order valence-corrected chi connectivity index (χ4v) is 3.62. The number of rotatable bonds is 5. The van der Waals surface area contributed by atoms with Crippen LogP contribution in [-0.4, -0.2) is 61.0 Å². The van der Waals surface area contributed by atoms with Crippen LogP contribution in [0, 0.1) is 0 Å². The third-order valence-electron chi connectivity index (χ3n) is 4.91. The highest BCUT2D eigenvalue weighted by Crippen LogP contribution is 2.21. The summed E-state index contributed by atoms with van der Waals surface area (Å²) in [5, 5.41) is 0. The number of nitrogens with zero attached hydrogens (tertiary/aromatic N) is 2. The van der Waals surface area contributed by atoms with Crippen molar-refractivity contribution in [2.75, 3.05) is 33.3 Å². The van der Waals surface area contributed by atoms with Crippen LogP contribution in [0.2, 0.25) is 0 Å². The summed E-state index contributed by atoms with van der Waals surface area (Å²) in [5.41, 5.74) is 0.543. The van der Waals surface area contributed by atoms with Crippen LogP contribution in [0.3, 0.4) is 0 Å². The van der Waals surface area contributed by atoms with Gasteiger partial charge < -0.3 is 19.3 Å². The van der Waals surface area contributed by atoms with Gasteiger partial charge in [0.25, 0.3) is 11.8 Å². The predicted molar refractivity (Wildman–Crippen MR) is 114 cm³/mol. The Labute approximate surface area is 179 Å². The van der Waals surface area contributed by atoms with E-state index in [0.29, 0.717) is 43.2 Å². The Morgan fingerprint density at radius 1 is 0.966 bits per heavy atom. The van der Waals surface area contributed by atoms with E-state index in [2.05, 4.69) is 15.9 Å². The standard InChI is InChI=1S/C22H25BrN2O4/c1-16(29-18-10-8-17(23)9-11-18)21(26)24-12-5-13-25(15-14-24)22(27)19-6-3-4-7-20(19)28-2/h3-4,6-11,16H,5,12-15H2,1-2H3. The van der Waals surface area contributed by atoms with Crippen molar-refractivity contribution in [3.63, 3.8) is 0 Å². The number of para-hydroxylation sites is 1. The van der Waals surface area contributed by atoms with E-state index in [0.717, 1.165) is 10.9 Å². The van der Waals surface area contributed by atoms with Gasteiger partial charge in [0.1, 0.15) is 11.5 Å². The van der Waals surface area contributed by atoms with E-state index >= 15 is 0 Å². The molecule has 1 atom stereocenters. The molecule has 0 aromatic heterocycles. The quantitative estimate of drug-likeness (QED) is 0.683. The summed E-state index contributed by atoms with van der Waals surface area (Å²) in [7, 11) is 1.56. The molecule has 1 aliphatic rings. The lowest BCUT2D eigenvalue weighted by Gasteiger charge is -2.25. The predicted octanol–water partition coefficient (Wildman–Crippen LogP) is 3.60. The van der Waals surface area contributed by atoms with Gasteiger partial charge in [-0.2, -0.15) is 0 Å². The molecule has 1 saturated heterocycles. The number of hydrogen-bond acceptors (Lipinski definition) is 4. The van der Waals surface area contributed by atoms with Gasteiger partial charge in [-0.15, -0.1) is 0 Å². The number of ether oxygens (including phenoxy) is 2. The molecule has 1 fully saturated rings. The van der Waals surface area contributed by atoms with Gasteiger partial charge in [0.15, 0.2) is 6.10 Å². The zero-order chi connectivity index (χ0) is 20.8. The molecule has 154 valence electrons. The average Bonchev–Trinajstić information content (AvgIpc) is 3.00. The van der Waals surface area contributed by atoms with Crippen LogP contribution < -0.4 is 9.47 Å². The molecule has 1 heterocycles. The molecule has 1 aliphatic heterocycles. The minimum absolute atomic E-state index is 0.0699. The minimum atomic E-state index is -0.590. The van der Waals surface area contributed by atoms with Crippen molar-refractivity contribution in [1.29, 1.82) is 0 Å². The Kier molecular flexibility index (Phi) is 7.14. The summed E-state index contributed by atoms with van der Waals surface area (Å²) in [6.07, 6.45) is 0.130. The van der Waals surface area contributed by atoms with Crippen molar-refractivity contribution in [1.82, 2.24) is 9.80 Å². The molecule has 0 bridgehead atoms. The molecule has 0 aliphatic carbocycles. The highest BCUT2D eigenvalue weighted by Gasteiger charge is 2.27. The Balaban J connectivity index is 1.60. The molecule has 29 heavy (non-hydrogen) atoms. The largest absolute Gasteiger partial charge is 0.496 e. The maximum Gasteiger partial charge on any atom is 0.263 e. The summed E-state index contributed by atoms with van der Waals surface area (Å²) < 4.78 is 12.1. The summed E-state index contributed by atoms with van der Waals surface area (Å²) in [4.78, 5) is 29.3. The maximum atomic E-state index is 12.9. The lowest BCUT2D eigenvalue weighted by atomic mass is 10.1. The van der Waals surface area contributed by atoms with Crippen LogP contribution in [0.5, 0.6) is 11.5 Å². The van der Waals surface area contributed by atoms with Crippen LogP contribution in [0.25, 0.3) is 0 Å². The zero-order valence-corrected chi connectivity index (χ0v) is 18.2. The number of methoxy groups -OCH3 is 1. The number of benzene rings is 2. The van der Waals surface area contributed by atoms with Gasteiger partial charge in [-0.1, -0.05) is 28.1 Å². The van der Waals surface area contributed by atoms with Gasteiger partial charge >= 0.3 is 0 Å². The second kappa shape index (κ2) is 9.78. The molecule has 2 amide bonds. The lowest BCUT2D eigenvalue weighted by molar-refractivity contribution is -0.137. The Morgan fingerprint density at radius 2 is 1.62 bits per heavy atom. The van der Waals surface area contributed by atoms with E-state index in [4.69, 9.17) is 9.47 Å². The third-order valence-corrected chi connectivity index (χ3v) is 5.44. The molecule has 7 heteroatoms. The van der Waals surface area contributed by atoms with Crippen LogP contribution in [0.4, 0.5) is 0 Å². The topological polar surface area (TPSA) is 59.1 Å². The van der Waals surface area contributed by atoms with E-state index in [1.54, 1.807) is 36.0 Å². The van der Waals surface area contributed by atoms with E-state index in [1.807, 2.05) is 36.4 Å². The van der Waals surface area contributed by atoms with Crippen LogP contribution in [0.1, 0.15) is 23.7 Å². The number of carbonyl (C=O) groups excluding carboxylic acids is 2. The van der Waals surface area contributed by atoms with Crippen LogP contribution >= 0.6 is 15.9 Å². The third kappa shape index (κ3) is 5.29. The van der Waals surface area contributed by atoms with E-state index in [1.165, 1.54) is 0 Å². The van der Waals surface area contributed by atoms with Crippen molar-refractivity contribution in [2.24, 2.45) is 0 Å². The van der Waals surface area contributed by atoms with Crippen molar-refractivity contribution in [3.8, 4) is 11.5 Å². The molecule has 0 saturated carbocycles. The highest BCUT2D eigenvalue weighted by molar-refractivity contribution is 9.10. The summed E-state index contributed by atoms with van der Waals surface area (Å²) >= 11 is 3.38. The molecule has 1 unspecified atom stereocenters. The fraction of sp³-hybridized carbons (Fsp3) is 0.364. The zero-order valence-electron chi connectivity index (χ0n) is 16.6. The molecular weight excluding hydrogens is 436 g/mol. The van der Waals surface area contributed by atoms with Crippen molar-refractivity contribution >= 4 is 27.7 Å². The molecule has 2 aromatic rings.